The number of aromatic nitrogens is 1. The minimum atomic E-state index is 1.03. The van der Waals surface area contributed by atoms with Crippen LogP contribution >= 0.6 is 11.3 Å². The van der Waals surface area contributed by atoms with Crippen LogP contribution in [0.5, 0.6) is 0 Å². The Labute approximate surface area is 146 Å². The van der Waals surface area contributed by atoms with Crippen LogP contribution in [0.15, 0.2) is 60.7 Å². The molecule has 0 saturated heterocycles. The van der Waals surface area contributed by atoms with E-state index in [-0.39, 0.29) is 0 Å². The number of hydrogen-bond acceptors (Lipinski definition) is 2. The molecule has 0 saturated carbocycles. The van der Waals surface area contributed by atoms with Crippen molar-refractivity contribution in [3.63, 3.8) is 0 Å². The van der Waals surface area contributed by atoms with Crippen molar-refractivity contribution in [1.29, 1.82) is 0 Å². The van der Waals surface area contributed by atoms with Crippen molar-refractivity contribution in [2.75, 3.05) is 0 Å². The Hall–Kier alpha value is -2.45. The number of benzene rings is 2. The van der Waals surface area contributed by atoms with Crippen molar-refractivity contribution in [2.24, 2.45) is 0 Å². The van der Waals surface area contributed by atoms with Gasteiger partial charge in [0.2, 0.25) is 0 Å². The SMILES string of the molecule is Cc1cc(C)c(-c2cc3nc(-c4ccccc4)ccc3s2)c(C)c1. The van der Waals surface area contributed by atoms with Crippen LogP contribution in [0.3, 0.4) is 0 Å². The number of aryl methyl sites for hydroxylation is 3. The van der Waals surface area contributed by atoms with Gasteiger partial charge in [0, 0.05) is 10.4 Å². The summed E-state index contributed by atoms with van der Waals surface area (Å²) in [6, 6.07) is 21.4. The molecule has 0 fully saturated rings. The lowest BCUT2D eigenvalue weighted by atomic mass is 9.99. The third-order valence-corrected chi connectivity index (χ3v) is 5.47. The molecule has 0 aliphatic heterocycles. The van der Waals surface area contributed by atoms with E-state index < -0.39 is 0 Å². The first-order valence-corrected chi connectivity index (χ1v) is 8.98. The molecule has 2 heterocycles. The molecule has 0 aliphatic carbocycles. The summed E-state index contributed by atoms with van der Waals surface area (Å²) in [7, 11) is 0. The van der Waals surface area contributed by atoms with Gasteiger partial charge < -0.3 is 0 Å². The zero-order chi connectivity index (χ0) is 16.7. The molecule has 4 rings (SSSR count). The van der Waals surface area contributed by atoms with Crippen LogP contribution in [-0.4, -0.2) is 4.98 Å². The van der Waals surface area contributed by atoms with Crippen LogP contribution in [0.1, 0.15) is 16.7 Å². The molecule has 0 atom stereocenters. The number of fused-ring (bicyclic) bond motifs is 1. The lowest BCUT2D eigenvalue weighted by molar-refractivity contribution is 1.33. The fraction of sp³-hybridized carbons (Fsp3) is 0.136. The van der Waals surface area contributed by atoms with Crippen LogP contribution < -0.4 is 0 Å². The molecular formula is C22H19NS. The third kappa shape index (κ3) is 2.63. The standard InChI is InChI=1S/C22H19NS/c1-14-11-15(2)22(16(3)12-14)21-13-19-20(24-21)10-9-18(23-19)17-7-5-4-6-8-17/h4-13H,1-3H3. The highest BCUT2D eigenvalue weighted by Gasteiger charge is 2.11. The van der Waals surface area contributed by atoms with E-state index in [2.05, 4.69) is 75.4 Å². The Morgan fingerprint density at radius 1 is 0.792 bits per heavy atom. The van der Waals surface area contributed by atoms with Gasteiger partial charge in [0.1, 0.15) is 0 Å². The van der Waals surface area contributed by atoms with Crippen molar-refractivity contribution in [1.82, 2.24) is 4.98 Å². The quantitative estimate of drug-likeness (QED) is 0.406. The van der Waals surface area contributed by atoms with Crippen molar-refractivity contribution in [2.45, 2.75) is 20.8 Å². The first-order chi connectivity index (χ1) is 11.6. The van der Waals surface area contributed by atoms with Crippen molar-refractivity contribution in [3.05, 3.63) is 77.4 Å². The van der Waals surface area contributed by atoms with Gasteiger partial charge in [-0.05, 0) is 55.7 Å². The lowest BCUT2D eigenvalue weighted by Crippen LogP contribution is -1.87. The molecule has 0 spiro atoms. The minimum absolute atomic E-state index is 1.03. The van der Waals surface area contributed by atoms with Crippen LogP contribution in [0.4, 0.5) is 0 Å². The monoisotopic (exact) mass is 329 g/mol. The highest BCUT2D eigenvalue weighted by molar-refractivity contribution is 7.22. The Balaban J connectivity index is 1.85. The lowest BCUT2D eigenvalue weighted by Gasteiger charge is -2.09. The zero-order valence-corrected chi connectivity index (χ0v) is 14.9. The summed E-state index contributed by atoms with van der Waals surface area (Å²) in [5.41, 5.74) is 8.62. The maximum absolute atomic E-state index is 4.88. The normalized spacial score (nSPS) is 11.1. The predicted octanol–water partition coefficient (Wildman–Crippen LogP) is 6.56. The number of nitrogens with zero attached hydrogens (tertiary/aromatic N) is 1. The van der Waals surface area contributed by atoms with Crippen molar-refractivity contribution in [3.8, 4) is 21.7 Å². The van der Waals surface area contributed by atoms with E-state index in [4.69, 9.17) is 4.98 Å². The largest absolute Gasteiger partial charge is 0.247 e. The number of rotatable bonds is 2. The van der Waals surface area contributed by atoms with Crippen LogP contribution in [-0.2, 0) is 0 Å². The first-order valence-electron chi connectivity index (χ1n) is 8.16. The maximum Gasteiger partial charge on any atom is 0.0823 e. The smallest absolute Gasteiger partial charge is 0.0823 e. The summed E-state index contributed by atoms with van der Waals surface area (Å²) in [4.78, 5) is 6.18. The topological polar surface area (TPSA) is 12.9 Å². The molecule has 0 N–H and O–H groups in total. The van der Waals surface area contributed by atoms with Gasteiger partial charge >= 0.3 is 0 Å². The Kier molecular flexibility index (Phi) is 3.70. The number of hydrogen-bond donors (Lipinski definition) is 0. The molecule has 0 amide bonds. The average molecular weight is 329 g/mol. The summed E-state index contributed by atoms with van der Waals surface area (Å²) in [6.45, 7) is 6.55. The number of pyridine rings is 1. The molecule has 1 nitrogen and oxygen atoms in total. The third-order valence-electron chi connectivity index (χ3n) is 4.37. The summed E-state index contributed by atoms with van der Waals surface area (Å²) in [5, 5.41) is 0. The van der Waals surface area contributed by atoms with E-state index >= 15 is 0 Å². The van der Waals surface area contributed by atoms with Crippen molar-refractivity contribution >= 4 is 21.6 Å². The molecule has 24 heavy (non-hydrogen) atoms. The van der Waals surface area contributed by atoms with Gasteiger partial charge in [-0.2, -0.15) is 0 Å². The van der Waals surface area contributed by atoms with Crippen LogP contribution in [0.25, 0.3) is 31.9 Å². The van der Waals surface area contributed by atoms with Crippen molar-refractivity contribution < 1.29 is 0 Å². The van der Waals surface area contributed by atoms with Gasteiger partial charge in [-0.15, -0.1) is 11.3 Å². The summed E-state index contributed by atoms with van der Waals surface area (Å²) in [5.74, 6) is 0. The predicted molar refractivity (Wildman–Crippen MR) is 105 cm³/mol. The average Bonchev–Trinajstić information content (AvgIpc) is 2.97. The second-order valence-electron chi connectivity index (χ2n) is 6.33. The zero-order valence-electron chi connectivity index (χ0n) is 14.1. The molecular weight excluding hydrogens is 310 g/mol. The van der Waals surface area contributed by atoms with Gasteiger partial charge in [-0.1, -0.05) is 48.0 Å². The Morgan fingerprint density at radius 3 is 2.21 bits per heavy atom. The highest BCUT2D eigenvalue weighted by Crippen LogP contribution is 2.37. The van der Waals surface area contributed by atoms with Crippen LogP contribution in [0, 0.1) is 20.8 Å². The fourth-order valence-corrected chi connectivity index (χ4v) is 4.56. The fourth-order valence-electron chi connectivity index (χ4n) is 3.39. The second-order valence-corrected chi connectivity index (χ2v) is 7.41. The van der Waals surface area contributed by atoms with Gasteiger partial charge in [-0.25, -0.2) is 4.98 Å². The number of thiophene rings is 1. The molecule has 4 aromatic rings. The molecule has 0 aliphatic rings. The van der Waals surface area contributed by atoms with Gasteiger partial charge in [0.15, 0.2) is 0 Å². The molecule has 0 bridgehead atoms. The highest BCUT2D eigenvalue weighted by atomic mass is 32.1. The van der Waals surface area contributed by atoms with E-state index in [1.54, 1.807) is 0 Å². The minimum Gasteiger partial charge on any atom is -0.247 e. The van der Waals surface area contributed by atoms with Gasteiger partial charge in [0.25, 0.3) is 0 Å². The molecule has 0 unspecified atom stereocenters. The van der Waals surface area contributed by atoms with E-state index in [0.717, 1.165) is 16.8 Å². The summed E-state index contributed by atoms with van der Waals surface area (Å²) < 4.78 is 1.24. The molecule has 2 aromatic heterocycles. The summed E-state index contributed by atoms with van der Waals surface area (Å²) >= 11 is 1.83. The van der Waals surface area contributed by atoms with E-state index in [1.807, 2.05) is 17.4 Å². The Morgan fingerprint density at radius 2 is 1.50 bits per heavy atom. The molecule has 0 radical (unpaired) electrons. The Bertz CT molecular complexity index is 1010. The van der Waals surface area contributed by atoms with Gasteiger partial charge in [0.05, 0.1) is 15.9 Å². The molecule has 2 aromatic carbocycles. The van der Waals surface area contributed by atoms with E-state index in [0.29, 0.717) is 0 Å². The van der Waals surface area contributed by atoms with E-state index in [9.17, 15) is 0 Å². The molecule has 118 valence electrons. The van der Waals surface area contributed by atoms with Crippen LogP contribution in [0.2, 0.25) is 0 Å². The maximum atomic E-state index is 4.88. The van der Waals surface area contributed by atoms with E-state index in [1.165, 1.54) is 31.8 Å². The van der Waals surface area contributed by atoms with Gasteiger partial charge in [-0.3, -0.25) is 0 Å². The summed E-state index contributed by atoms with van der Waals surface area (Å²) in [6.07, 6.45) is 0. The second kappa shape index (κ2) is 5.88. The molecule has 2 heteroatoms. The first kappa shape index (κ1) is 15.1.